The number of nitro groups is 1. The third-order valence-corrected chi connectivity index (χ3v) is 5.04. The number of nitrogens with zero attached hydrogens (tertiary/aromatic N) is 3. The number of anilines is 2. The number of hydrogen-bond donors (Lipinski definition) is 2. The predicted octanol–water partition coefficient (Wildman–Crippen LogP) is 2.71. The molecule has 1 saturated heterocycles. The summed E-state index contributed by atoms with van der Waals surface area (Å²) in [6.07, 6.45) is 2.97. The van der Waals surface area contributed by atoms with Gasteiger partial charge >= 0.3 is 0 Å². The van der Waals surface area contributed by atoms with E-state index in [1.165, 1.54) is 18.2 Å². The molecule has 146 valence electrons. The average molecular weight is 448 g/mol. The molecule has 3 rings (SSSR count). The number of amides is 2. The molecule has 1 unspecified atom stereocenters. The first-order chi connectivity index (χ1) is 13.3. The van der Waals surface area contributed by atoms with Gasteiger partial charge in [0.15, 0.2) is 0 Å². The van der Waals surface area contributed by atoms with Gasteiger partial charge in [-0.1, -0.05) is 0 Å². The zero-order valence-electron chi connectivity index (χ0n) is 14.8. The number of carbonyl (C=O) groups is 2. The van der Waals surface area contributed by atoms with Crippen molar-refractivity contribution in [2.45, 2.75) is 12.8 Å². The van der Waals surface area contributed by atoms with Crippen LogP contribution in [0.15, 0.2) is 41.0 Å². The molecule has 1 aromatic carbocycles. The molecule has 10 heteroatoms. The van der Waals surface area contributed by atoms with Gasteiger partial charge in [0.05, 0.1) is 10.8 Å². The molecule has 1 aliphatic heterocycles. The topological polar surface area (TPSA) is 131 Å². The summed E-state index contributed by atoms with van der Waals surface area (Å²) in [5.41, 5.74) is 5.46. The van der Waals surface area contributed by atoms with E-state index >= 15 is 0 Å². The zero-order valence-corrected chi connectivity index (χ0v) is 16.4. The fraction of sp³-hybridized carbons (Fsp3) is 0.278. The van der Waals surface area contributed by atoms with Crippen molar-refractivity contribution >= 4 is 44.9 Å². The van der Waals surface area contributed by atoms with Crippen LogP contribution in [0.25, 0.3) is 0 Å². The van der Waals surface area contributed by atoms with Gasteiger partial charge in [-0.15, -0.1) is 0 Å². The van der Waals surface area contributed by atoms with E-state index in [1.807, 2.05) is 0 Å². The fourth-order valence-corrected chi connectivity index (χ4v) is 3.41. The van der Waals surface area contributed by atoms with Crippen LogP contribution in [0.2, 0.25) is 0 Å². The van der Waals surface area contributed by atoms with Crippen LogP contribution >= 0.6 is 15.9 Å². The third-order valence-electron chi connectivity index (χ3n) is 4.57. The van der Waals surface area contributed by atoms with Gasteiger partial charge in [0, 0.05) is 35.4 Å². The van der Waals surface area contributed by atoms with Crippen molar-refractivity contribution < 1.29 is 14.5 Å². The van der Waals surface area contributed by atoms with Crippen LogP contribution in [0.1, 0.15) is 23.2 Å². The van der Waals surface area contributed by atoms with Gasteiger partial charge in [0.25, 0.3) is 5.69 Å². The number of nitrogens with one attached hydrogen (secondary N) is 1. The highest BCUT2D eigenvalue weighted by atomic mass is 79.9. The molecule has 0 radical (unpaired) electrons. The van der Waals surface area contributed by atoms with Crippen LogP contribution in [0.4, 0.5) is 17.2 Å². The summed E-state index contributed by atoms with van der Waals surface area (Å²) in [6.45, 7) is 0.913. The Morgan fingerprint density at radius 3 is 2.75 bits per heavy atom. The van der Waals surface area contributed by atoms with Crippen molar-refractivity contribution in [3.05, 3.63) is 56.7 Å². The quantitative estimate of drug-likeness (QED) is 0.534. The van der Waals surface area contributed by atoms with Crippen molar-refractivity contribution in [2.24, 2.45) is 11.7 Å². The minimum absolute atomic E-state index is 0.0723. The van der Waals surface area contributed by atoms with Crippen molar-refractivity contribution in [3.63, 3.8) is 0 Å². The normalized spacial score (nSPS) is 16.5. The third kappa shape index (κ3) is 4.45. The number of piperidine rings is 1. The van der Waals surface area contributed by atoms with E-state index in [1.54, 1.807) is 23.2 Å². The average Bonchev–Trinajstić information content (AvgIpc) is 2.69. The van der Waals surface area contributed by atoms with Crippen LogP contribution < -0.4 is 16.0 Å². The first-order valence-corrected chi connectivity index (χ1v) is 9.40. The van der Waals surface area contributed by atoms with Crippen molar-refractivity contribution in [2.75, 3.05) is 23.3 Å². The molecule has 1 fully saturated rings. The Bertz CT molecular complexity index is 919. The predicted molar refractivity (Wildman–Crippen MR) is 107 cm³/mol. The molecular formula is C18H18BrN5O4. The highest BCUT2D eigenvalue weighted by Gasteiger charge is 2.30. The molecule has 0 saturated carbocycles. The molecule has 2 amide bonds. The Balaban J connectivity index is 1.77. The molecular weight excluding hydrogens is 430 g/mol. The van der Waals surface area contributed by atoms with Gasteiger partial charge in [0.1, 0.15) is 11.5 Å². The van der Waals surface area contributed by atoms with E-state index in [4.69, 9.17) is 5.73 Å². The maximum Gasteiger partial charge on any atom is 0.293 e. The Labute approximate surface area is 169 Å². The second kappa shape index (κ2) is 8.34. The Morgan fingerprint density at radius 1 is 1.32 bits per heavy atom. The summed E-state index contributed by atoms with van der Waals surface area (Å²) >= 11 is 3.29. The first kappa shape index (κ1) is 19.7. The van der Waals surface area contributed by atoms with Gasteiger partial charge in [-0.2, -0.15) is 0 Å². The summed E-state index contributed by atoms with van der Waals surface area (Å²) in [5.74, 6) is -0.805. The Morgan fingerprint density at radius 2 is 2.11 bits per heavy atom. The number of benzene rings is 1. The summed E-state index contributed by atoms with van der Waals surface area (Å²) < 4.78 is 0.807. The lowest BCUT2D eigenvalue weighted by Gasteiger charge is -2.33. The van der Waals surface area contributed by atoms with E-state index in [0.717, 1.165) is 4.47 Å². The number of nitro benzene ring substituents is 1. The van der Waals surface area contributed by atoms with E-state index in [2.05, 4.69) is 26.2 Å². The molecule has 3 N–H and O–H groups in total. The first-order valence-electron chi connectivity index (χ1n) is 8.61. The fourth-order valence-electron chi connectivity index (χ4n) is 3.18. The van der Waals surface area contributed by atoms with Gasteiger partial charge in [0.2, 0.25) is 11.8 Å². The maximum absolute atomic E-state index is 12.6. The standard InChI is InChI=1S/C18H18BrN5O4/c19-13-4-6-16(21-9-13)22-18(26)12-2-1-7-23(10-12)14-5-3-11(17(20)25)8-15(14)24(27)28/h3-6,8-9,12H,1-2,7,10H2,(H2,20,25)(H,21,22,26). The highest BCUT2D eigenvalue weighted by molar-refractivity contribution is 9.10. The Hall–Kier alpha value is -3.01. The summed E-state index contributed by atoms with van der Waals surface area (Å²) in [6, 6.07) is 7.61. The molecule has 9 nitrogen and oxygen atoms in total. The summed E-state index contributed by atoms with van der Waals surface area (Å²) in [5, 5.41) is 14.2. The van der Waals surface area contributed by atoms with Crippen molar-refractivity contribution in [3.8, 4) is 0 Å². The van der Waals surface area contributed by atoms with Gasteiger partial charge in [-0.05, 0) is 53.0 Å². The molecule has 2 aromatic rings. The van der Waals surface area contributed by atoms with E-state index < -0.39 is 10.8 Å². The smallest absolute Gasteiger partial charge is 0.293 e. The van der Waals surface area contributed by atoms with Crippen LogP contribution in [-0.2, 0) is 4.79 Å². The number of carbonyl (C=O) groups excluding carboxylic acids is 2. The SMILES string of the molecule is NC(=O)c1ccc(N2CCCC(C(=O)Nc3ccc(Br)cn3)C2)c([N+](=O)[O-])c1. The van der Waals surface area contributed by atoms with Crippen LogP contribution in [0.5, 0.6) is 0 Å². The molecule has 1 aromatic heterocycles. The second-order valence-corrected chi connectivity index (χ2v) is 7.38. The number of halogens is 1. The molecule has 28 heavy (non-hydrogen) atoms. The highest BCUT2D eigenvalue weighted by Crippen LogP contribution is 2.32. The second-order valence-electron chi connectivity index (χ2n) is 6.46. The maximum atomic E-state index is 12.6. The number of primary amides is 1. The van der Waals surface area contributed by atoms with Gasteiger partial charge in [-0.25, -0.2) is 4.98 Å². The molecule has 0 bridgehead atoms. The van der Waals surface area contributed by atoms with Crippen molar-refractivity contribution in [1.29, 1.82) is 0 Å². The Kier molecular flexibility index (Phi) is 5.88. The van der Waals surface area contributed by atoms with E-state index in [-0.39, 0.29) is 23.1 Å². The summed E-state index contributed by atoms with van der Waals surface area (Å²) in [4.78, 5) is 40.8. The number of rotatable bonds is 5. The molecule has 0 spiro atoms. The molecule has 0 aliphatic carbocycles. The lowest BCUT2D eigenvalue weighted by Crippen LogP contribution is -2.41. The largest absolute Gasteiger partial charge is 0.366 e. The minimum atomic E-state index is -0.729. The number of nitrogens with two attached hydrogens (primary N) is 1. The molecule has 1 atom stereocenters. The van der Waals surface area contributed by atoms with E-state index in [0.29, 0.717) is 37.4 Å². The lowest BCUT2D eigenvalue weighted by molar-refractivity contribution is -0.384. The zero-order chi connectivity index (χ0) is 20.3. The van der Waals surface area contributed by atoms with Gasteiger partial charge in [-0.3, -0.25) is 19.7 Å². The lowest BCUT2D eigenvalue weighted by atomic mass is 9.96. The number of pyridine rings is 1. The molecule has 1 aliphatic rings. The number of aromatic nitrogens is 1. The van der Waals surface area contributed by atoms with Gasteiger partial charge < -0.3 is 16.0 Å². The van der Waals surface area contributed by atoms with Crippen molar-refractivity contribution in [1.82, 2.24) is 4.98 Å². The minimum Gasteiger partial charge on any atom is -0.366 e. The number of hydrogen-bond acceptors (Lipinski definition) is 6. The summed E-state index contributed by atoms with van der Waals surface area (Å²) in [7, 11) is 0. The van der Waals surface area contributed by atoms with Crippen LogP contribution in [0, 0.1) is 16.0 Å². The van der Waals surface area contributed by atoms with Crippen LogP contribution in [-0.4, -0.2) is 34.8 Å². The van der Waals surface area contributed by atoms with Crippen LogP contribution in [0.3, 0.4) is 0 Å². The molecule has 2 heterocycles. The monoisotopic (exact) mass is 447 g/mol. The van der Waals surface area contributed by atoms with E-state index in [9.17, 15) is 19.7 Å².